The van der Waals surface area contributed by atoms with Crippen LogP contribution < -0.4 is 0 Å². The van der Waals surface area contributed by atoms with Crippen molar-refractivity contribution in [3.05, 3.63) is 164 Å². The van der Waals surface area contributed by atoms with Gasteiger partial charge in [0, 0.05) is 22.3 Å². The minimum absolute atomic E-state index is 0.704. The second kappa shape index (κ2) is 11.8. The first-order valence-corrected chi connectivity index (χ1v) is 15.8. The van der Waals surface area contributed by atoms with Crippen LogP contribution in [0.25, 0.3) is 76.9 Å². The van der Waals surface area contributed by atoms with E-state index in [0.29, 0.717) is 5.82 Å². The van der Waals surface area contributed by atoms with E-state index in [9.17, 15) is 0 Å². The van der Waals surface area contributed by atoms with E-state index in [0.717, 1.165) is 60.0 Å². The molecule has 0 unspecified atom stereocenters. The molecule has 8 aromatic rings. The van der Waals surface area contributed by atoms with E-state index in [4.69, 9.17) is 15.0 Å². The lowest BCUT2D eigenvalue weighted by Crippen LogP contribution is -1.97. The molecule has 0 aliphatic rings. The first-order chi connectivity index (χ1) is 22.3. The van der Waals surface area contributed by atoms with E-state index in [1.807, 2.05) is 30.3 Å². The summed E-state index contributed by atoms with van der Waals surface area (Å²) in [6.45, 7) is 0. The SMILES string of the molecule is c1ccc(-c2ccc(-c3cc(-c4ccccc4-c4ccc5nc(-c6ccccc6)sc5c4)nc(-c4ccccc4)n3)cc2)cc1. The van der Waals surface area contributed by atoms with Crippen LogP contribution in [-0.4, -0.2) is 15.0 Å². The van der Waals surface area contributed by atoms with Gasteiger partial charge in [0.2, 0.25) is 0 Å². The van der Waals surface area contributed by atoms with Crippen molar-refractivity contribution < 1.29 is 0 Å². The zero-order valence-electron chi connectivity index (χ0n) is 24.3. The molecule has 2 heterocycles. The Morgan fingerprint density at radius 1 is 0.356 bits per heavy atom. The van der Waals surface area contributed by atoms with Crippen molar-refractivity contribution in [3.8, 4) is 66.7 Å². The molecule has 2 aromatic heterocycles. The van der Waals surface area contributed by atoms with E-state index < -0.39 is 0 Å². The van der Waals surface area contributed by atoms with Gasteiger partial charge in [0.1, 0.15) is 5.01 Å². The molecule has 0 atom stereocenters. The van der Waals surface area contributed by atoms with Gasteiger partial charge in [-0.2, -0.15) is 0 Å². The highest BCUT2D eigenvalue weighted by molar-refractivity contribution is 7.21. The molecule has 8 rings (SSSR count). The standard InChI is InChI=1S/C41H27N3S/c1-4-12-28(13-5-1)29-20-22-30(23-21-29)37-27-38(43-40(42-37)31-14-6-2-7-15-31)35-19-11-10-18-34(35)33-24-25-36-39(26-33)45-41(44-36)32-16-8-3-9-17-32/h1-27H. The molecule has 0 radical (unpaired) electrons. The highest BCUT2D eigenvalue weighted by Crippen LogP contribution is 2.38. The van der Waals surface area contributed by atoms with Crippen LogP contribution in [0.2, 0.25) is 0 Å². The van der Waals surface area contributed by atoms with Gasteiger partial charge in [-0.3, -0.25) is 0 Å². The molecular weight excluding hydrogens is 567 g/mol. The fraction of sp³-hybridized carbons (Fsp3) is 0. The predicted octanol–water partition coefficient (Wildman–Crippen LogP) is 11.1. The largest absolute Gasteiger partial charge is 0.236 e. The van der Waals surface area contributed by atoms with Crippen molar-refractivity contribution >= 4 is 21.6 Å². The van der Waals surface area contributed by atoms with Crippen LogP contribution in [0.3, 0.4) is 0 Å². The number of hydrogen-bond donors (Lipinski definition) is 0. The summed E-state index contributed by atoms with van der Waals surface area (Å²) in [6, 6.07) is 56.8. The van der Waals surface area contributed by atoms with Crippen LogP contribution in [-0.2, 0) is 0 Å². The summed E-state index contributed by atoms with van der Waals surface area (Å²) >= 11 is 1.72. The Balaban J connectivity index is 1.24. The Labute approximate surface area is 266 Å². The molecule has 0 aliphatic heterocycles. The molecule has 0 spiro atoms. The van der Waals surface area contributed by atoms with Gasteiger partial charge in [-0.05, 0) is 40.5 Å². The van der Waals surface area contributed by atoms with Crippen LogP contribution in [0.4, 0.5) is 0 Å². The van der Waals surface area contributed by atoms with Crippen molar-refractivity contribution in [2.75, 3.05) is 0 Å². The van der Waals surface area contributed by atoms with Gasteiger partial charge >= 0.3 is 0 Å². The molecule has 0 amide bonds. The minimum atomic E-state index is 0.704. The monoisotopic (exact) mass is 593 g/mol. The van der Waals surface area contributed by atoms with Gasteiger partial charge in [-0.25, -0.2) is 15.0 Å². The highest BCUT2D eigenvalue weighted by atomic mass is 32.1. The zero-order valence-corrected chi connectivity index (χ0v) is 25.2. The summed E-state index contributed by atoms with van der Waals surface area (Å²) in [6.07, 6.45) is 0. The highest BCUT2D eigenvalue weighted by Gasteiger charge is 2.15. The van der Waals surface area contributed by atoms with Gasteiger partial charge in [-0.1, -0.05) is 146 Å². The average molecular weight is 594 g/mol. The molecule has 0 N–H and O–H groups in total. The van der Waals surface area contributed by atoms with Crippen LogP contribution >= 0.6 is 11.3 Å². The Bertz CT molecular complexity index is 2240. The third kappa shape index (κ3) is 5.44. The Kier molecular flexibility index (Phi) is 7.02. The van der Waals surface area contributed by atoms with Gasteiger partial charge < -0.3 is 0 Å². The lowest BCUT2D eigenvalue weighted by molar-refractivity contribution is 1.18. The van der Waals surface area contributed by atoms with E-state index in [2.05, 4.69) is 133 Å². The summed E-state index contributed by atoms with van der Waals surface area (Å²) in [4.78, 5) is 15.1. The third-order valence-corrected chi connectivity index (χ3v) is 9.04. The number of rotatable bonds is 6. The fourth-order valence-corrected chi connectivity index (χ4v) is 6.68. The summed E-state index contributed by atoms with van der Waals surface area (Å²) in [5.74, 6) is 0.704. The van der Waals surface area contributed by atoms with Gasteiger partial charge in [0.05, 0.1) is 21.6 Å². The Morgan fingerprint density at radius 2 is 0.889 bits per heavy atom. The molecule has 4 heteroatoms. The smallest absolute Gasteiger partial charge is 0.160 e. The number of thiazole rings is 1. The second-order valence-electron chi connectivity index (χ2n) is 10.9. The first-order valence-electron chi connectivity index (χ1n) is 14.9. The third-order valence-electron chi connectivity index (χ3n) is 7.97. The summed E-state index contributed by atoms with van der Waals surface area (Å²) in [5.41, 5.74) is 11.6. The van der Waals surface area contributed by atoms with Crippen LogP contribution in [0.15, 0.2) is 164 Å². The minimum Gasteiger partial charge on any atom is -0.236 e. The van der Waals surface area contributed by atoms with Crippen LogP contribution in [0.1, 0.15) is 0 Å². The van der Waals surface area contributed by atoms with Crippen LogP contribution in [0, 0.1) is 0 Å². The number of benzene rings is 6. The van der Waals surface area contributed by atoms with Crippen molar-refractivity contribution in [1.82, 2.24) is 15.0 Å². The maximum Gasteiger partial charge on any atom is 0.160 e. The molecular formula is C41H27N3S. The topological polar surface area (TPSA) is 38.7 Å². The van der Waals surface area contributed by atoms with E-state index >= 15 is 0 Å². The predicted molar refractivity (Wildman–Crippen MR) is 188 cm³/mol. The van der Waals surface area contributed by atoms with E-state index in [-0.39, 0.29) is 0 Å². The molecule has 6 aromatic carbocycles. The lowest BCUT2D eigenvalue weighted by atomic mass is 9.96. The molecule has 0 saturated heterocycles. The lowest BCUT2D eigenvalue weighted by Gasteiger charge is -2.13. The summed E-state index contributed by atoms with van der Waals surface area (Å²) in [7, 11) is 0. The van der Waals surface area contributed by atoms with Gasteiger partial charge in [-0.15, -0.1) is 11.3 Å². The van der Waals surface area contributed by atoms with Crippen LogP contribution in [0.5, 0.6) is 0 Å². The quantitative estimate of drug-likeness (QED) is 0.192. The maximum absolute atomic E-state index is 5.14. The Hall–Kier alpha value is -5.71. The maximum atomic E-state index is 5.14. The molecule has 0 saturated carbocycles. The van der Waals surface area contributed by atoms with E-state index in [1.54, 1.807) is 11.3 Å². The van der Waals surface area contributed by atoms with Gasteiger partial charge in [0.15, 0.2) is 5.82 Å². The van der Waals surface area contributed by atoms with Crippen molar-refractivity contribution in [1.29, 1.82) is 0 Å². The number of nitrogens with zero attached hydrogens (tertiary/aromatic N) is 3. The zero-order chi connectivity index (χ0) is 30.0. The van der Waals surface area contributed by atoms with Crippen molar-refractivity contribution in [3.63, 3.8) is 0 Å². The van der Waals surface area contributed by atoms with Crippen molar-refractivity contribution in [2.45, 2.75) is 0 Å². The molecule has 0 fully saturated rings. The fourth-order valence-electron chi connectivity index (χ4n) is 5.67. The normalized spacial score (nSPS) is 11.1. The first kappa shape index (κ1) is 26.9. The number of aromatic nitrogens is 3. The molecule has 212 valence electrons. The molecule has 0 aliphatic carbocycles. The van der Waals surface area contributed by atoms with E-state index in [1.165, 1.54) is 11.1 Å². The number of hydrogen-bond acceptors (Lipinski definition) is 4. The van der Waals surface area contributed by atoms with Crippen molar-refractivity contribution in [2.24, 2.45) is 0 Å². The molecule has 0 bridgehead atoms. The summed E-state index contributed by atoms with van der Waals surface area (Å²) in [5, 5.41) is 1.03. The molecule has 3 nitrogen and oxygen atoms in total. The number of fused-ring (bicyclic) bond motifs is 1. The second-order valence-corrected chi connectivity index (χ2v) is 11.9. The average Bonchev–Trinajstić information content (AvgIpc) is 3.56. The van der Waals surface area contributed by atoms with Gasteiger partial charge in [0.25, 0.3) is 0 Å². The summed E-state index contributed by atoms with van der Waals surface area (Å²) < 4.78 is 1.16. The molecule has 45 heavy (non-hydrogen) atoms. The Morgan fingerprint density at radius 3 is 1.60 bits per heavy atom.